The highest BCUT2D eigenvalue weighted by Gasteiger charge is 2.27. The highest BCUT2D eigenvalue weighted by molar-refractivity contribution is 5.88. The molecule has 1 aliphatic heterocycles. The summed E-state index contributed by atoms with van der Waals surface area (Å²) in [5.41, 5.74) is 2.08. The fraction of sp³-hybridized carbons (Fsp3) is 0.391. The van der Waals surface area contributed by atoms with Gasteiger partial charge in [-0.1, -0.05) is 42.5 Å². The van der Waals surface area contributed by atoms with Crippen LogP contribution in [-0.4, -0.2) is 56.2 Å². The molecule has 6 heteroatoms. The molecular weight excluding hydrogens is 368 g/mol. The number of morpholine rings is 1. The lowest BCUT2D eigenvalue weighted by molar-refractivity contribution is -0.139. The summed E-state index contributed by atoms with van der Waals surface area (Å²) in [6, 6.07) is 16.9. The fourth-order valence-electron chi connectivity index (χ4n) is 3.37. The molecule has 2 amide bonds. The van der Waals surface area contributed by atoms with Crippen molar-refractivity contribution in [3.8, 4) is 5.75 Å². The molecule has 0 unspecified atom stereocenters. The lowest BCUT2D eigenvalue weighted by Crippen LogP contribution is -2.52. The van der Waals surface area contributed by atoms with Gasteiger partial charge in [0.1, 0.15) is 11.8 Å². The average molecular weight is 396 g/mol. The van der Waals surface area contributed by atoms with Crippen LogP contribution in [0.25, 0.3) is 0 Å². The van der Waals surface area contributed by atoms with Gasteiger partial charge in [0.2, 0.25) is 11.8 Å². The Morgan fingerprint density at radius 2 is 1.72 bits per heavy atom. The van der Waals surface area contributed by atoms with Crippen LogP contribution in [0.4, 0.5) is 0 Å². The minimum Gasteiger partial charge on any atom is -0.497 e. The Kier molecular flexibility index (Phi) is 7.64. The molecule has 6 nitrogen and oxygen atoms in total. The van der Waals surface area contributed by atoms with Gasteiger partial charge in [0.25, 0.3) is 0 Å². The number of hydrogen-bond donors (Lipinski definition) is 1. The average Bonchev–Trinajstić information content (AvgIpc) is 2.78. The van der Waals surface area contributed by atoms with E-state index in [1.807, 2.05) is 54.6 Å². The Morgan fingerprint density at radius 3 is 2.38 bits per heavy atom. The van der Waals surface area contributed by atoms with Crippen molar-refractivity contribution in [2.24, 2.45) is 0 Å². The van der Waals surface area contributed by atoms with Gasteiger partial charge in [0.15, 0.2) is 0 Å². The van der Waals surface area contributed by atoms with Gasteiger partial charge in [-0.25, -0.2) is 0 Å². The molecule has 0 radical (unpaired) electrons. The summed E-state index contributed by atoms with van der Waals surface area (Å²) >= 11 is 0. The molecule has 3 rings (SSSR count). The zero-order chi connectivity index (χ0) is 20.5. The quantitative estimate of drug-likeness (QED) is 0.743. The zero-order valence-corrected chi connectivity index (χ0v) is 16.8. The van der Waals surface area contributed by atoms with Gasteiger partial charge in [-0.05, 0) is 29.7 Å². The van der Waals surface area contributed by atoms with E-state index in [1.54, 1.807) is 12.0 Å². The number of hydrogen-bond acceptors (Lipinski definition) is 4. The van der Waals surface area contributed by atoms with Crippen molar-refractivity contribution in [1.29, 1.82) is 0 Å². The molecule has 1 aliphatic rings. The minimum absolute atomic E-state index is 0.0463. The summed E-state index contributed by atoms with van der Waals surface area (Å²) in [6.45, 7) is 2.20. The first-order chi connectivity index (χ1) is 14.2. The van der Waals surface area contributed by atoms with E-state index in [0.717, 1.165) is 16.9 Å². The van der Waals surface area contributed by atoms with Gasteiger partial charge >= 0.3 is 0 Å². The zero-order valence-electron chi connectivity index (χ0n) is 16.8. The van der Waals surface area contributed by atoms with Crippen molar-refractivity contribution >= 4 is 11.8 Å². The Labute approximate surface area is 171 Å². The van der Waals surface area contributed by atoms with Gasteiger partial charge < -0.3 is 19.7 Å². The molecule has 1 atom stereocenters. The Bertz CT molecular complexity index is 786. The van der Waals surface area contributed by atoms with Crippen LogP contribution in [0.1, 0.15) is 17.5 Å². The van der Waals surface area contributed by atoms with Crippen LogP contribution < -0.4 is 10.1 Å². The molecular formula is C23H28N2O4. The Balaban J connectivity index is 1.61. The maximum absolute atomic E-state index is 13.0. The smallest absolute Gasteiger partial charge is 0.245 e. The number of carbonyl (C=O) groups excluding carboxylic acids is 2. The number of ether oxygens (including phenoxy) is 2. The Hall–Kier alpha value is -2.86. The Morgan fingerprint density at radius 1 is 1.03 bits per heavy atom. The SMILES string of the molecule is COc1ccc(CCC(=O)N[C@@H](Cc2ccccc2)C(=O)N2CCOCC2)cc1. The number of benzene rings is 2. The topological polar surface area (TPSA) is 67.9 Å². The van der Waals surface area contributed by atoms with Crippen LogP contribution in [0.5, 0.6) is 5.75 Å². The molecule has 1 fully saturated rings. The van der Waals surface area contributed by atoms with Crippen LogP contribution in [-0.2, 0) is 27.2 Å². The van der Waals surface area contributed by atoms with Gasteiger partial charge in [-0.3, -0.25) is 9.59 Å². The first kappa shape index (κ1) is 20.9. The van der Waals surface area contributed by atoms with E-state index >= 15 is 0 Å². The lowest BCUT2D eigenvalue weighted by atomic mass is 10.0. The standard InChI is InChI=1S/C23H28N2O4/c1-28-20-10-7-18(8-11-20)9-12-22(26)24-21(17-19-5-3-2-4-6-19)23(27)25-13-15-29-16-14-25/h2-8,10-11,21H,9,12-17H2,1H3,(H,24,26)/t21-/m0/s1. The second-order valence-corrected chi connectivity index (χ2v) is 7.10. The molecule has 29 heavy (non-hydrogen) atoms. The monoisotopic (exact) mass is 396 g/mol. The normalized spacial score (nSPS) is 14.9. The maximum atomic E-state index is 13.0. The molecule has 0 saturated carbocycles. The first-order valence-electron chi connectivity index (χ1n) is 9.98. The number of carbonyl (C=O) groups is 2. The van der Waals surface area contributed by atoms with Crippen molar-refractivity contribution in [2.75, 3.05) is 33.4 Å². The highest BCUT2D eigenvalue weighted by atomic mass is 16.5. The molecule has 0 spiro atoms. The van der Waals surface area contributed by atoms with E-state index in [2.05, 4.69) is 5.32 Å². The summed E-state index contributed by atoms with van der Waals surface area (Å²) in [7, 11) is 1.63. The van der Waals surface area contributed by atoms with Crippen molar-refractivity contribution in [3.63, 3.8) is 0 Å². The number of nitrogens with zero attached hydrogens (tertiary/aromatic N) is 1. The van der Waals surface area contributed by atoms with Crippen molar-refractivity contribution in [2.45, 2.75) is 25.3 Å². The van der Waals surface area contributed by atoms with Gasteiger partial charge in [-0.15, -0.1) is 0 Å². The van der Waals surface area contributed by atoms with E-state index in [-0.39, 0.29) is 11.8 Å². The van der Waals surface area contributed by atoms with E-state index in [0.29, 0.717) is 45.6 Å². The summed E-state index contributed by atoms with van der Waals surface area (Å²) < 4.78 is 10.5. The number of methoxy groups -OCH3 is 1. The van der Waals surface area contributed by atoms with E-state index in [1.165, 1.54) is 0 Å². The molecule has 1 N–H and O–H groups in total. The van der Waals surface area contributed by atoms with Crippen molar-refractivity contribution < 1.29 is 19.1 Å². The van der Waals surface area contributed by atoms with Crippen LogP contribution in [0, 0.1) is 0 Å². The summed E-state index contributed by atoms with van der Waals surface area (Å²) in [6.07, 6.45) is 1.42. The number of amides is 2. The van der Waals surface area contributed by atoms with Crippen molar-refractivity contribution in [3.05, 3.63) is 65.7 Å². The van der Waals surface area contributed by atoms with E-state index in [4.69, 9.17) is 9.47 Å². The number of rotatable bonds is 8. The number of nitrogens with one attached hydrogen (secondary N) is 1. The second kappa shape index (κ2) is 10.6. The molecule has 154 valence electrons. The second-order valence-electron chi connectivity index (χ2n) is 7.10. The molecule has 2 aromatic rings. The number of aryl methyl sites for hydroxylation is 1. The third-order valence-electron chi connectivity index (χ3n) is 5.04. The van der Waals surface area contributed by atoms with Crippen molar-refractivity contribution in [1.82, 2.24) is 10.2 Å². The summed E-state index contributed by atoms with van der Waals surface area (Å²) in [4.78, 5) is 27.4. The largest absolute Gasteiger partial charge is 0.497 e. The van der Waals surface area contributed by atoms with E-state index < -0.39 is 6.04 Å². The van der Waals surface area contributed by atoms with Crippen LogP contribution >= 0.6 is 0 Å². The predicted octanol–water partition coefficient (Wildman–Crippen LogP) is 2.21. The fourth-order valence-corrected chi connectivity index (χ4v) is 3.37. The van der Waals surface area contributed by atoms with Gasteiger partial charge in [0.05, 0.1) is 20.3 Å². The molecule has 0 bridgehead atoms. The molecule has 1 saturated heterocycles. The maximum Gasteiger partial charge on any atom is 0.245 e. The van der Waals surface area contributed by atoms with Crippen LogP contribution in [0.3, 0.4) is 0 Å². The van der Waals surface area contributed by atoms with Gasteiger partial charge in [0, 0.05) is 25.9 Å². The molecule has 0 aliphatic carbocycles. The predicted molar refractivity (Wildman–Crippen MR) is 111 cm³/mol. The highest BCUT2D eigenvalue weighted by Crippen LogP contribution is 2.13. The molecule has 0 aromatic heterocycles. The third kappa shape index (κ3) is 6.32. The summed E-state index contributed by atoms with van der Waals surface area (Å²) in [5.74, 6) is 0.621. The lowest BCUT2D eigenvalue weighted by Gasteiger charge is -2.31. The minimum atomic E-state index is -0.570. The third-order valence-corrected chi connectivity index (χ3v) is 5.04. The molecule has 1 heterocycles. The van der Waals surface area contributed by atoms with Crippen LogP contribution in [0.15, 0.2) is 54.6 Å². The van der Waals surface area contributed by atoms with Gasteiger partial charge in [-0.2, -0.15) is 0 Å². The van der Waals surface area contributed by atoms with Crippen LogP contribution in [0.2, 0.25) is 0 Å². The first-order valence-corrected chi connectivity index (χ1v) is 9.98. The molecule has 2 aromatic carbocycles. The van der Waals surface area contributed by atoms with E-state index in [9.17, 15) is 9.59 Å². The summed E-state index contributed by atoms with van der Waals surface area (Å²) in [5, 5.41) is 2.96.